The summed E-state index contributed by atoms with van der Waals surface area (Å²) in [6.45, 7) is 3.51. The van der Waals surface area contributed by atoms with Gasteiger partial charge in [-0.3, -0.25) is 33.8 Å². The number of rotatable bonds is 18. The molecule has 0 fully saturated rings. The molecule has 49 heavy (non-hydrogen) atoms. The van der Waals surface area contributed by atoms with Gasteiger partial charge >= 0.3 is 25.4 Å². The highest BCUT2D eigenvalue weighted by Gasteiger charge is 2.33. The number of carboxylic acids is 2. The summed E-state index contributed by atoms with van der Waals surface area (Å²) in [6.07, 6.45) is -0.888. The number of amides is 4. The van der Waals surface area contributed by atoms with E-state index in [9.17, 15) is 48.3 Å². The van der Waals surface area contributed by atoms with Crippen LogP contribution in [0.3, 0.4) is 0 Å². The number of aliphatic carboxylic acids is 2. The molecule has 0 radical (unpaired) electrons. The van der Waals surface area contributed by atoms with Crippen molar-refractivity contribution in [1.82, 2.24) is 21.3 Å². The lowest BCUT2D eigenvalue weighted by molar-refractivity contribution is -0.143. The predicted octanol–water partition coefficient (Wildman–Crippen LogP) is -2.31. The van der Waals surface area contributed by atoms with E-state index < -0.39 is 105 Å². The molecule has 0 saturated carbocycles. The van der Waals surface area contributed by atoms with Crippen LogP contribution in [0, 0.1) is 5.92 Å². The standard InChI is InChI=1S/C28H38N5O15P/c1-4-12(2)23(33-24(38)13(3)30-25(39)17(29)10-21(35)36)27(41)31-18(26(40)32-19(11-34)28(42)43)7-14-8-22(37)47-20-9-15(5-6-16(14)20)48-49(44,45)46/h5-6,8-9,12-13,17-19,23,34H,4,7,10-11,29H2,1-3H3,(H,30,39)(H,31,41)(H,32,40)(H,33,38)(H,35,36)(H,42,43)(H2,44,45,46)/t12-,13-,17-,18-,19-,23-/m0/s1. The summed E-state index contributed by atoms with van der Waals surface area (Å²) in [5, 5.41) is 37.0. The molecule has 0 bridgehead atoms. The Bertz CT molecular complexity index is 1680. The highest BCUT2D eigenvalue weighted by Crippen LogP contribution is 2.38. The number of phosphoric acid groups is 1. The number of fused-ring (bicyclic) bond motifs is 1. The molecule has 0 aliphatic carbocycles. The van der Waals surface area contributed by atoms with Crippen molar-refractivity contribution in [3.05, 3.63) is 40.2 Å². The Labute approximate surface area is 277 Å². The van der Waals surface area contributed by atoms with E-state index >= 15 is 0 Å². The number of carbonyl (C=O) groups is 6. The van der Waals surface area contributed by atoms with Gasteiger partial charge in [0.05, 0.1) is 19.1 Å². The van der Waals surface area contributed by atoms with Crippen molar-refractivity contribution in [2.24, 2.45) is 11.7 Å². The summed E-state index contributed by atoms with van der Waals surface area (Å²) >= 11 is 0. The smallest absolute Gasteiger partial charge is 0.481 e. The molecule has 2 rings (SSSR count). The summed E-state index contributed by atoms with van der Waals surface area (Å²) in [5.41, 5.74) is 4.40. The maximum Gasteiger partial charge on any atom is 0.524 e. The second kappa shape index (κ2) is 17.5. The maximum absolute atomic E-state index is 13.6. The molecule has 270 valence electrons. The zero-order chi connectivity index (χ0) is 37.2. The van der Waals surface area contributed by atoms with Gasteiger partial charge in [-0.15, -0.1) is 0 Å². The molecule has 1 aromatic carbocycles. The normalized spacial score (nSPS) is 15.1. The second-order valence-electron chi connectivity index (χ2n) is 11.0. The van der Waals surface area contributed by atoms with Crippen LogP contribution in [0.15, 0.2) is 33.5 Å². The molecule has 4 amide bonds. The molecule has 20 nitrogen and oxygen atoms in total. The summed E-state index contributed by atoms with van der Waals surface area (Å²) < 4.78 is 20.9. The number of hydrogen-bond donors (Lipinski definition) is 10. The van der Waals surface area contributed by atoms with E-state index in [2.05, 4.69) is 25.8 Å². The van der Waals surface area contributed by atoms with E-state index in [4.69, 9.17) is 25.0 Å². The lowest BCUT2D eigenvalue weighted by atomic mass is 9.96. The van der Waals surface area contributed by atoms with Crippen LogP contribution in [0.1, 0.15) is 39.2 Å². The number of aliphatic hydroxyl groups is 1. The fraction of sp³-hybridized carbons (Fsp3) is 0.464. The SMILES string of the molecule is CC[C@H](C)[C@H](NC(=O)[C@H](C)NC(=O)[C@@H](N)CC(=O)O)C(=O)N[C@@H](Cc1cc(=O)oc2cc(OP(=O)(O)O)ccc12)C(=O)N[C@@H](CO)C(=O)O. The fourth-order valence-corrected chi connectivity index (χ4v) is 4.76. The zero-order valence-corrected chi connectivity index (χ0v) is 27.3. The minimum absolute atomic E-state index is 0.0588. The maximum atomic E-state index is 13.6. The van der Waals surface area contributed by atoms with Gasteiger partial charge in [-0.25, -0.2) is 14.2 Å². The molecule has 0 aliphatic rings. The van der Waals surface area contributed by atoms with Gasteiger partial charge in [0.2, 0.25) is 23.6 Å². The molecule has 2 aromatic rings. The van der Waals surface area contributed by atoms with Crippen LogP contribution in [-0.4, -0.2) is 97.5 Å². The van der Waals surface area contributed by atoms with E-state index in [-0.39, 0.29) is 22.3 Å². The van der Waals surface area contributed by atoms with Crippen LogP contribution >= 0.6 is 7.82 Å². The number of nitrogens with two attached hydrogens (primary N) is 1. The summed E-state index contributed by atoms with van der Waals surface area (Å²) in [6, 6.07) is -3.19. The first-order valence-electron chi connectivity index (χ1n) is 14.6. The largest absolute Gasteiger partial charge is 0.524 e. The average molecular weight is 716 g/mol. The van der Waals surface area contributed by atoms with Crippen molar-refractivity contribution in [2.45, 2.75) is 70.2 Å². The Morgan fingerprint density at radius 1 is 0.918 bits per heavy atom. The molecule has 1 aromatic heterocycles. The summed E-state index contributed by atoms with van der Waals surface area (Å²) in [4.78, 5) is 105. The van der Waals surface area contributed by atoms with E-state index in [0.717, 1.165) is 18.2 Å². The number of benzene rings is 1. The Kier molecular flexibility index (Phi) is 14.4. The number of hydrogen-bond acceptors (Lipinski definition) is 12. The highest BCUT2D eigenvalue weighted by molar-refractivity contribution is 7.46. The summed E-state index contributed by atoms with van der Waals surface area (Å²) in [7, 11) is -4.99. The molecule has 0 unspecified atom stereocenters. The van der Waals surface area contributed by atoms with Gasteiger partial charge in [0, 0.05) is 23.9 Å². The van der Waals surface area contributed by atoms with Crippen LogP contribution in [0.5, 0.6) is 5.75 Å². The Morgan fingerprint density at radius 2 is 1.55 bits per heavy atom. The van der Waals surface area contributed by atoms with E-state index in [0.29, 0.717) is 6.42 Å². The first-order valence-corrected chi connectivity index (χ1v) is 16.1. The van der Waals surface area contributed by atoms with Crippen molar-refractivity contribution in [3.8, 4) is 5.75 Å². The van der Waals surface area contributed by atoms with Crippen LogP contribution in [0.4, 0.5) is 0 Å². The molecular weight excluding hydrogens is 677 g/mol. The van der Waals surface area contributed by atoms with Gasteiger partial charge in [-0.05, 0) is 30.5 Å². The third-order valence-electron chi connectivity index (χ3n) is 7.16. The van der Waals surface area contributed by atoms with Crippen molar-refractivity contribution < 1.29 is 67.4 Å². The molecule has 21 heteroatoms. The average Bonchev–Trinajstić information content (AvgIpc) is 2.99. The first-order chi connectivity index (χ1) is 22.8. The van der Waals surface area contributed by atoms with Gasteiger partial charge in [-0.1, -0.05) is 20.3 Å². The molecule has 11 N–H and O–H groups in total. The molecule has 6 atom stereocenters. The number of carbonyl (C=O) groups excluding carboxylic acids is 4. The van der Waals surface area contributed by atoms with Crippen molar-refractivity contribution >= 4 is 54.4 Å². The molecule has 0 aliphatic heterocycles. The monoisotopic (exact) mass is 715 g/mol. The number of nitrogens with one attached hydrogen (secondary N) is 4. The van der Waals surface area contributed by atoms with Crippen molar-refractivity contribution in [3.63, 3.8) is 0 Å². The van der Waals surface area contributed by atoms with Crippen LogP contribution in [0.2, 0.25) is 0 Å². The minimum Gasteiger partial charge on any atom is -0.481 e. The van der Waals surface area contributed by atoms with Crippen LogP contribution in [-0.2, 0) is 39.8 Å². The van der Waals surface area contributed by atoms with Gasteiger partial charge in [0.15, 0.2) is 0 Å². The van der Waals surface area contributed by atoms with Gasteiger partial charge in [-0.2, -0.15) is 0 Å². The van der Waals surface area contributed by atoms with Gasteiger partial charge < -0.3 is 51.3 Å². The quantitative estimate of drug-likeness (QED) is 0.0572. The minimum atomic E-state index is -4.99. The fourth-order valence-electron chi connectivity index (χ4n) is 4.37. The Morgan fingerprint density at radius 3 is 2.10 bits per heavy atom. The van der Waals surface area contributed by atoms with Crippen LogP contribution < -0.4 is 37.2 Å². The first kappa shape index (κ1) is 40.3. The topological polar surface area (TPSA) is 334 Å². The van der Waals surface area contributed by atoms with E-state index in [1.54, 1.807) is 13.8 Å². The predicted molar refractivity (Wildman–Crippen MR) is 167 cm³/mol. The molecule has 0 saturated heterocycles. The number of carboxylic acid groups (broad SMARTS) is 2. The Balaban J connectivity index is 2.44. The Hall–Kier alpha value is -4.88. The third-order valence-corrected chi connectivity index (χ3v) is 7.61. The van der Waals surface area contributed by atoms with E-state index in [1.165, 1.54) is 13.0 Å². The molecular formula is C28H38N5O15P. The highest BCUT2D eigenvalue weighted by atomic mass is 31.2. The molecule has 0 spiro atoms. The van der Waals surface area contributed by atoms with Gasteiger partial charge in [0.25, 0.3) is 0 Å². The van der Waals surface area contributed by atoms with Crippen molar-refractivity contribution in [1.29, 1.82) is 0 Å². The zero-order valence-electron chi connectivity index (χ0n) is 26.4. The van der Waals surface area contributed by atoms with Gasteiger partial charge in [0.1, 0.15) is 35.5 Å². The third kappa shape index (κ3) is 12.3. The lowest BCUT2D eigenvalue weighted by Gasteiger charge is -2.28. The van der Waals surface area contributed by atoms with E-state index in [1.807, 2.05) is 0 Å². The number of aliphatic hydroxyl groups excluding tert-OH is 1. The molecule has 1 heterocycles. The summed E-state index contributed by atoms with van der Waals surface area (Å²) in [5.74, 6) is -7.77. The number of phosphoric ester groups is 1. The van der Waals surface area contributed by atoms with Crippen LogP contribution in [0.25, 0.3) is 11.0 Å². The lowest BCUT2D eigenvalue weighted by Crippen LogP contribution is -2.60. The van der Waals surface area contributed by atoms with Crippen molar-refractivity contribution in [2.75, 3.05) is 6.61 Å². The second-order valence-corrected chi connectivity index (χ2v) is 12.1.